The maximum Gasteiger partial charge on any atom is 0.315 e. The Bertz CT molecular complexity index is 797. The van der Waals surface area contributed by atoms with Crippen molar-refractivity contribution in [3.05, 3.63) is 20.6 Å². The number of aromatic nitrogens is 1. The highest BCUT2D eigenvalue weighted by molar-refractivity contribution is 9.11. The molecule has 0 bridgehead atoms. The van der Waals surface area contributed by atoms with Crippen molar-refractivity contribution in [2.24, 2.45) is 0 Å². The van der Waals surface area contributed by atoms with E-state index in [-0.39, 0.29) is 30.1 Å². The van der Waals surface area contributed by atoms with E-state index in [4.69, 9.17) is 0 Å². The molecule has 1 aromatic rings. The van der Waals surface area contributed by atoms with Gasteiger partial charge in [0.1, 0.15) is 0 Å². The molecule has 3 heterocycles. The lowest BCUT2D eigenvalue weighted by molar-refractivity contribution is -0.121. The third-order valence-electron chi connectivity index (χ3n) is 5.88. The zero-order valence-electron chi connectivity index (χ0n) is 15.8. The maximum absolute atomic E-state index is 12.4. The number of amides is 3. The molecular formula is C19H25BrN4O2S2. The van der Waals surface area contributed by atoms with Crippen LogP contribution in [0.15, 0.2) is 14.9 Å². The Morgan fingerprint density at radius 3 is 3.04 bits per heavy atom. The van der Waals surface area contributed by atoms with Crippen LogP contribution in [-0.4, -0.2) is 46.1 Å². The second-order valence-corrected chi connectivity index (χ2v) is 11.1. The number of fused-ring (bicyclic) bond motifs is 1. The lowest BCUT2D eigenvalue weighted by Gasteiger charge is -2.17. The first kappa shape index (κ1) is 20.2. The third kappa shape index (κ3) is 4.41. The summed E-state index contributed by atoms with van der Waals surface area (Å²) >= 11 is 6.94. The molecule has 2 saturated heterocycles. The molecule has 1 aliphatic carbocycles. The second kappa shape index (κ2) is 8.75. The molecule has 2 aliphatic heterocycles. The van der Waals surface area contributed by atoms with Crippen molar-refractivity contribution in [2.45, 2.75) is 68.8 Å². The lowest BCUT2D eigenvalue weighted by Crippen LogP contribution is -2.36. The number of carbonyl (C=O) groups excluding carboxylic acids is 2. The smallest absolute Gasteiger partial charge is 0.315 e. The summed E-state index contributed by atoms with van der Waals surface area (Å²) in [4.78, 5) is 28.3. The molecule has 0 saturated carbocycles. The predicted octanol–water partition coefficient (Wildman–Crippen LogP) is 3.68. The van der Waals surface area contributed by atoms with E-state index in [0.717, 1.165) is 47.5 Å². The molecule has 3 N–H and O–H groups in total. The Morgan fingerprint density at radius 2 is 2.25 bits per heavy atom. The van der Waals surface area contributed by atoms with E-state index < -0.39 is 0 Å². The Kier molecular flexibility index (Phi) is 6.32. The first-order chi connectivity index (χ1) is 13.5. The first-order valence-corrected chi connectivity index (χ1v) is 12.5. The second-order valence-electron chi connectivity index (χ2n) is 7.67. The molecule has 28 heavy (non-hydrogen) atoms. The van der Waals surface area contributed by atoms with E-state index in [1.807, 2.05) is 11.8 Å². The average molecular weight is 485 g/mol. The maximum atomic E-state index is 12.4. The number of hydrogen-bond acceptors (Lipinski definition) is 5. The van der Waals surface area contributed by atoms with Crippen molar-refractivity contribution < 1.29 is 9.59 Å². The zero-order valence-corrected chi connectivity index (χ0v) is 19.0. The van der Waals surface area contributed by atoms with Gasteiger partial charge in [0.2, 0.25) is 5.91 Å². The average Bonchev–Trinajstić information content (AvgIpc) is 3.40. The lowest BCUT2D eigenvalue weighted by atomic mass is 10.0. The van der Waals surface area contributed by atoms with Crippen molar-refractivity contribution in [2.75, 3.05) is 5.75 Å². The van der Waals surface area contributed by atoms with Crippen molar-refractivity contribution in [1.82, 2.24) is 20.9 Å². The summed E-state index contributed by atoms with van der Waals surface area (Å²) in [5.74, 6) is 1.12. The van der Waals surface area contributed by atoms with Crippen molar-refractivity contribution in [3.8, 4) is 0 Å². The fourth-order valence-electron chi connectivity index (χ4n) is 4.35. The minimum Gasteiger partial charge on any atom is -0.350 e. The molecule has 4 atom stereocenters. The molecule has 6 nitrogen and oxygen atoms in total. The number of hydrogen-bond donors (Lipinski definition) is 3. The van der Waals surface area contributed by atoms with Crippen LogP contribution in [0.25, 0.3) is 5.57 Å². The molecular weight excluding hydrogens is 460 g/mol. The number of allylic oxidation sites excluding steroid dienone is 1. The summed E-state index contributed by atoms with van der Waals surface area (Å²) in [7, 11) is 0. The van der Waals surface area contributed by atoms with Gasteiger partial charge in [-0.15, -0.1) is 11.3 Å². The van der Waals surface area contributed by atoms with E-state index >= 15 is 0 Å². The van der Waals surface area contributed by atoms with Gasteiger partial charge in [-0.25, -0.2) is 9.78 Å². The number of thioether (sulfide) groups is 1. The number of carbonyl (C=O) groups is 2. The number of nitrogens with one attached hydrogen (secondary N) is 3. The van der Waals surface area contributed by atoms with Gasteiger partial charge >= 0.3 is 6.03 Å². The van der Waals surface area contributed by atoms with Crippen LogP contribution in [-0.2, 0) is 4.79 Å². The summed E-state index contributed by atoms with van der Waals surface area (Å²) < 4.78 is 0.898. The van der Waals surface area contributed by atoms with E-state index in [0.29, 0.717) is 11.7 Å². The quantitative estimate of drug-likeness (QED) is 0.407. The molecule has 0 spiro atoms. The Balaban J connectivity index is 1.19. The van der Waals surface area contributed by atoms with E-state index in [2.05, 4.69) is 49.2 Å². The molecule has 1 aromatic heterocycles. The molecule has 1 unspecified atom stereocenters. The van der Waals surface area contributed by atoms with Crippen LogP contribution in [0.1, 0.15) is 51.1 Å². The summed E-state index contributed by atoms with van der Waals surface area (Å²) in [5.41, 5.74) is 3.54. The molecule has 3 aliphatic rings. The summed E-state index contributed by atoms with van der Waals surface area (Å²) in [6.45, 7) is 2.11. The molecule has 3 amide bonds. The fraction of sp³-hybridized carbons (Fsp3) is 0.632. The largest absolute Gasteiger partial charge is 0.350 e. The number of halogens is 1. The fourth-order valence-corrected chi connectivity index (χ4v) is 6.92. The standard InChI is InChI=1S/C19H25BrN4O2S2/c1-10-11(13-8-28-18(20)22-13)6-7-12(10)21-16(25)5-3-2-4-15-17-14(9-27-15)23-19(26)24-17/h8,12,14-15,17H,2-7,9H2,1H3,(H,21,25)(H2,23,24,26)/t12?,14-,15-,17-/m0/s1. The van der Waals surface area contributed by atoms with Crippen molar-refractivity contribution in [3.63, 3.8) is 0 Å². The van der Waals surface area contributed by atoms with E-state index in [1.165, 1.54) is 11.1 Å². The molecule has 0 radical (unpaired) electrons. The van der Waals surface area contributed by atoms with Gasteiger partial charge in [0, 0.05) is 22.8 Å². The molecule has 2 fully saturated rings. The number of unbranched alkanes of at least 4 members (excludes halogenated alkanes) is 1. The SMILES string of the molecule is CC1=C(c2csc(Br)n2)CCC1NC(=O)CCCC[C@@H]1SC[C@@H]2NC(=O)N[C@@H]21. The zero-order chi connectivity index (χ0) is 19.7. The number of urea groups is 1. The predicted molar refractivity (Wildman–Crippen MR) is 118 cm³/mol. The Hall–Kier alpha value is -1.06. The number of thiazole rings is 1. The van der Waals surface area contributed by atoms with Gasteiger partial charge in [-0.05, 0) is 59.7 Å². The Labute approximate surface area is 181 Å². The van der Waals surface area contributed by atoms with Gasteiger partial charge < -0.3 is 16.0 Å². The third-order valence-corrected chi connectivity index (χ3v) is 8.76. The van der Waals surface area contributed by atoms with Gasteiger partial charge in [0.15, 0.2) is 3.92 Å². The van der Waals surface area contributed by atoms with Crippen LogP contribution < -0.4 is 16.0 Å². The molecule has 9 heteroatoms. The van der Waals surface area contributed by atoms with Gasteiger partial charge in [-0.2, -0.15) is 11.8 Å². The summed E-state index contributed by atoms with van der Waals surface area (Å²) in [6, 6.07) is 0.621. The number of rotatable bonds is 7. The van der Waals surface area contributed by atoms with E-state index in [1.54, 1.807) is 11.3 Å². The van der Waals surface area contributed by atoms with Gasteiger partial charge in [0.05, 0.1) is 23.8 Å². The van der Waals surface area contributed by atoms with Crippen LogP contribution in [0, 0.1) is 0 Å². The highest BCUT2D eigenvalue weighted by atomic mass is 79.9. The topological polar surface area (TPSA) is 83.1 Å². The van der Waals surface area contributed by atoms with Crippen LogP contribution in [0.4, 0.5) is 4.79 Å². The first-order valence-electron chi connectivity index (χ1n) is 9.80. The van der Waals surface area contributed by atoms with Crippen LogP contribution in [0.3, 0.4) is 0 Å². The minimum atomic E-state index is -0.0379. The molecule has 152 valence electrons. The monoisotopic (exact) mass is 484 g/mol. The summed E-state index contributed by atoms with van der Waals surface area (Å²) in [6.07, 6.45) is 5.44. The van der Waals surface area contributed by atoms with Crippen molar-refractivity contribution in [1.29, 1.82) is 0 Å². The van der Waals surface area contributed by atoms with E-state index in [9.17, 15) is 9.59 Å². The van der Waals surface area contributed by atoms with Gasteiger partial charge in [-0.3, -0.25) is 4.79 Å². The number of nitrogens with zero attached hydrogens (tertiary/aromatic N) is 1. The Morgan fingerprint density at radius 1 is 1.39 bits per heavy atom. The molecule has 0 aromatic carbocycles. The highest BCUT2D eigenvalue weighted by Gasteiger charge is 2.42. The van der Waals surface area contributed by atoms with Crippen LogP contribution >= 0.6 is 39.0 Å². The van der Waals surface area contributed by atoms with Crippen LogP contribution in [0.5, 0.6) is 0 Å². The van der Waals surface area contributed by atoms with Crippen LogP contribution in [0.2, 0.25) is 0 Å². The normalized spacial score (nSPS) is 29.0. The summed E-state index contributed by atoms with van der Waals surface area (Å²) in [5, 5.41) is 11.7. The van der Waals surface area contributed by atoms with Crippen molar-refractivity contribution >= 4 is 56.5 Å². The van der Waals surface area contributed by atoms with Gasteiger partial charge in [-0.1, -0.05) is 6.42 Å². The van der Waals surface area contributed by atoms with Gasteiger partial charge in [0.25, 0.3) is 0 Å². The highest BCUT2D eigenvalue weighted by Crippen LogP contribution is 2.35. The minimum absolute atomic E-state index is 0.0379. The molecule has 4 rings (SSSR count).